The number of hydrogen-bond acceptors (Lipinski definition) is 4. The lowest BCUT2D eigenvalue weighted by atomic mass is 10.4. The topological polar surface area (TPSA) is 147 Å². The van der Waals surface area contributed by atoms with Crippen LogP contribution in [0, 0.1) is 10.1 Å². The molecule has 0 saturated carbocycles. The third-order valence-corrected chi connectivity index (χ3v) is 0.570. The van der Waals surface area contributed by atoms with Crippen molar-refractivity contribution in [1.29, 1.82) is 0 Å². The van der Waals surface area contributed by atoms with Crippen molar-refractivity contribution in [2.45, 2.75) is 12.7 Å². The summed E-state index contributed by atoms with van der Waals surface area (Å²) < 4.78 is 0. The highest BCUT2D eigenvalue weighted by molar-refractivity contribution is 4.33. The average Bonchev–Trinajstić information content (AvgIpc) is 1.61. The van der Waals surface area contributed by atoms with Gasteiger partial charge in [0.25, 0.3) is 0 Å². The fraction of sp³-hybridized carbons (Fsp3) is 1.00. The standard InChI is InChI=1S/C3H7NO4.2H2O/c5-3(6)1-2-4(7)8;;/h3,5-6H,1-2H2;2*1H2. The monoisotopic (exact) mass is 157 g/mol. The second-order valence-corrected chi connectivity index (χ2v) is 1.33. The Labute approximate surface area is 56.7 Å². The van der Waals surface area contributed by atoms with E-state index >= 15 is 0 Å². The van der Waals surface area contributed by atoms with Crippen LogP contribution in [0.5, 0.6) is 0 Å². The Kier molecular flexibility index (Phi) is 13.3. The second-order valence-electron chi connectivity index (χ2n) is 1.33. The summed E-state index contributed by atoms with van der Waals surface area (Å²) in [6.07, 6.45) is -1.76. The number of nitrogens with zero attached hydrogens (tertiary/aromatic N) is 1. The molecule has 7 heteroatoms. The van der Waals surface area contributed by atoms with Crippen molar-refractivity contribution in [2.24, 2.45) is 0 Å². The van der Waals surface area contributed by atoms with E-state index in [-0.39, 0.29) is 17.4 Å². The first-order valence-electron chi connectivity index (χ1n) is 2.11. The number of aliphatic hydroxyl groups is 2. The zero-order valence-corrected chi connectivity index (χ0v) is 5.15. The third-order valence-electron chi connectivity index (χ3n) is 0.570. The molecule has 64 valence electrons. The fourth-order valence-electron chi connectivity index (χ4n) is 0.221. The van der Waals surface area contributed by atoms with E-state index in [2.05, 4.69) is 0 Å². The van der Waals surface area contributed by atoms with E-state index in [1.807, 2.05) is 0 Å². The Morgan fingerprint density at radius 1 is 1.40 bits per heavy atom. The number of aliphatic hydroxyl groups excluding tert-OH is 1. The molecular weight excluding hydrogens is 146 g/mol. The van der Waals surface area contributed by atoms with E-state index in [0.29, 0.717) is 0 Å². The Morgan fingerprint density at radius 3 is 1.90 bits per heavy atom. The molecule has 0 aliphatic rings. The van der Waals surface area contributed by atoms with Crippen molar-refractivity contribution in [3.8, 4) is 0 Å². The van der Waals surface area contributed by atoms with Crippen LogP contribution in [-0.2, 0) is 0 Å². The van der Waals surface area contributed by atoms with Gasteiger partial charge >= 0.3 is 0 Å². The van der Waals surface area contributed by atoms with E-state index in [1.54, 1.807) is 0 Å². The average molecular weight is 157 g/mol. The van der Waals surface area contributed by atoms with Gasteiger partial charge in [-0.1, -0.05) is 0 Å². The molecule has 0 aromatic rings. The van der Waals surface area contributed by atoms with Crippen molar-refractivity contribution < 1.29 is 26.1 Å². The highest BCUT2D eigenvalue weighted by atomic mass is 16.6. The van der Waals surface area contributed by atoms with E-state index in [9.17, 15) is 10.1 Å². The molecule has 6 N–H and O–H groups in total. The predicted molar refractivity (Wildman–Crippen MR) is 31.9 cm³/mol. The Hall–Kier alpha value is -0.760. The lowest BCUT2D eigenvalue weighted by Crippen LogP contribution is -2.11. The first-order chi connectivity index (χ1) is 3.63. The van der Waals surface area contributed by atoms with Crippen LogP contribution < -0.4 is 0 Å². The van der Waals surface area contributed by atoms with Gasteiger partial charge in [-0.2, -0.15) is 0 Å². The molecular formula is C3H11NO6. The van der Waals surface area contributed by atoms with Crippen LogP contribution >= 0.6 is 0 Å². The molecule has 0 aliphatic carbocycles. The van der Waals surface area contributed by atoms with Crippen molar-refractivity contribution in [3.63, 3.8) is 0 Å². The van der Waals surface area contributed by atoms with Crippen LogP contribution in [0.2, 0.25) is 0 Å². The third kappa shape index (κ3) is 15.7. The predicted octanol–water partition coefficient (Wildman–Crippen LogP) is -2.69. The fourth-order valence-corrected chi connectivity index (χ4v) is 0.221. The van der Waals surface area contributed by atoms with Gasteiger partial charge in [0.05, 0.1) is 6.42 Å². The minimum absolute atomic E-state index is 0. The molecule has 0 spiro atoms. The van der Waals surface area contributed by atoms with E-state index in [0.717, 1.165) is 0 Å². The SMILES string of the molecule is O.O.O=[N+]([O-])CCC(O)O. The van der Waals surface area contributed by atoms with Crippen LogP contribution in [0.1, 0.15) is 6.42 Å². The highest BCUT2D eigenvalue weighted by Crippen LogP contribution is 1.84. The summed E-state index contributed by atoms with van der Waals surface area (Å²) in [7, 11) is 0. The van der Waals surface area contributed by atoms with E-state index < -0.39 is 17.8 Å². The van der Waals surface area contributed by atoms with Crippen molar-refractivity contribution in [1.82, 2.24) is 0 Å². The summed E-state index contributed by atoms with van der Waals surface area (Å²) in [5.74, 6) is 0. The summed E-state index contributed by atoms with van der Waals surface area (Å²) in [5, 5.41) is 25.6. The molecule has 0 aromatic heterocycles. The molecule has 0 amide bonds. The molecule has 0 aliphatic heterocycles. The maximum Gasteiger partial charge on any atom is 0.208 e. The van der Waals surface area contributed by atoms with Gasteiger partial charge in [0, 0.05) is 4.92 Å². The first-order valence-corrected chi connectivity index (χ1v) is 2.11. The van der Waals surface area contributed by atoms with Crippen LogP contribution in [-0.4, -0.2) is 38.9 Å². The summed E-state index contributed by atoms with van der Waals surface area (Å²) in [6, 6.07) is 0. The molecule has 0 saturated heterocycles. The number of hydrogen-bond donors (Lipinski definition) is 2. The summed E-state index contributed by atoms with van der Waals surface area (Å²) >= 11 is 0. The lowest BCUT2D eigenvalue weighted by molar-refractivity contribution is -0.483. The second kappa shape index (κ2) is 8.24. The van der Waals surface area contributed by atoms with Crippen molar-refractivity contribution >= 4 is 0 Å². The Bertz CT molecular complexity index is 83.1. The quantitative estimate of drug-likeness (QED) is 0.261. The Morgan fingerprint density at radius 2 is 1.80 bits per heavy atom. The minimum atomic E-state index is -1.56. The Balaban J connectivity index is -0.000000245. The number of rotatable bonds is 3. The van der Waals surface area contributed by atoms with Gasteiger partial charge in [-0.15, -0.1) is 0 Å². The molecule has 7 nitrogen and oxygen atoms in total. The van der Waals surface area contributed by atoms with Gasteiger partial charge in [0.1, 0.15) is 0 Å². The minimum Gasteiger partial charge on any atom is -0.412 e. The normalized spacial score (nSPS) is 7.90. The largest absolute Gasteiger partial charge is 0.412 e. The lowest BCUT2D eigenvalue weighted by Gasteiger charge is -1.95. The maximum atomic E-state index is 9.49. The molecule has 0 rings (SSSR count). The molecule has 0 heterocycles. The summed E-state index contributed by atoms with van der Waals surface area (Å²) in [4.78, 5) is 8.89. The van der Waals surface area contributed by atoms with Gasteiger partial charge in [-0.05, 0) is 0 Å². The van der Waals surface area contributed by atoms with E-state index in [1.165, 1.54) is 0 Å². The van der Waals surface area contributed by atoms with Gasteiger partial charge in [-0.25, -0.2) is 0 Å². The van der Waals surface area contributed by atoms with Crippen LogP contribution in [0.15, 0.2) is 0 Å². The smallest absolute Gasteiger partial charge is 0.208 e. The number of nitro groups is 1. The highest BCUT2D eigenvalue weighted by Gasteiger charge is 2.01. The van der Waals surface area contributed by atoms with Crippen LogP contribution in [0.3, 0.4) is 0 Å². The van der Waals surface area contributed by atoms with Crippen LogP contribution in [0.25, 0.3) is 0 Å². The zero-order chi connectivity index (χ0) is 6.57. The molecule has 10 heavy (non-hydrogen) atoms. The van der Waals surface area contributed by atoms with Gasteiger partial charge in [0.2, 0.25) is 6.54 Å². The molecule has 0 bridgehead atoms. The van der Waals surface area contributed by atoms with Gasteiger partial charge in [-0.3, -0.25) is 10.1 Å². The molecule has 0 atom stereocenters. The van der Waals surface area contributed by atoms with Gasteiger partial charge < -0.3 is 21.2 Å². The van der Waals surface area contributed by atoms with Gasteiger partial charge in [0.15, 0.2) is 6.29 Å². The summed E-state index contributed by atoms with van der Waals surface area (Å²) in [5.41, 5.74) is 0. The molecule has 0 radical (unpaired) electrons. The van der Waals surface area contributed by atoms with Crippen LogP contribution in [0.4, 0.5) is 0 Å². The summed E-state index contributed by atoms with van der Waals surface area (Å²) in [6.45, 7) is -0.391. The molecule has 0 fully saturated rings. The van der Waals surface area contributed by atoms with Crippen molar-refractivity contribution in [3.05, 3.63) is 10.1 Å². The first kappa shape index (κ1) is 16.1. The van der Waals surface area contributed by atoms with Crippen molar-refractivity contribution in [2.75, 3.05) is 6.54 Å². The van der Waals surface area contributed by atoms with E-state index in [4.69, 9.17) is 10.2 Å². The zero-order valence-electron chi connectivity index (χ0n) is 5.15. The maximum absolute atomic E-state index is 9.49. The molecule has 0 unspecified atom stereocenters. The molecule has 0 aromatic carbocycles.